The van der Waals surface area contributed by atoms with Crippen LogP contribution in [0.25, 0.3) is 0 Å². The number of carbonyl (C=O) groups excluding carboxylic acids is 1. The van der Waals surface area contributed by atoms with Crippen LogP contribution >= 0.6 is 0 Å². The molecule has 0 aromatic heterocycles. The van der Waals surface area contributed by atoms with Gasteiger partial charge in [-0.3, -0.25) is 0 Å². The van der Waals surface area contributed by atoms with Crippen LogP contribution in [0.5, 0.6) is 0 Å². The fraction of sp³-hybridized carbons (Fsp3) is 0.857. The summed E-state index contributed by atoms with van der Waals surface area (Å²) >= 11 is 0. The second-order valence-electron chi connectivity index (χ2n) is 3.00. The highest BCUT2D eigenvalue weighted by Gasteiger charge is 2.41. The third kappa shape index (κ3) is 0.954. The molecule has 1 rings (SSSR count). The van der Waals surface area contributed by atoms with E-state index < -0.39 is 6.10 Å². The van der Waals surface area contributed by atoms with Crippen LogP contribution in [0.4, 0.5) is 0 Å². The van der Waals surface area contributed by atoms with Crippen molar-refractivity contribution in [3.05, 3.63) is 0 Å². The van der Waals surface area contributed by atoms with Crippen molar-refractivity contribution in [1.29, 1.82) is 0 Å². The fourth-order valence-electron chi connectivity index (χ4n) is 1.40. The number of nitrogens with two attached hydrogens (primary N) is 1. The molecule has 58 valence electrons. The molecule has 0 saturated heterocycles. The summed E-state index contributed by atoms with van der Waals surface area (Å²) in [6.45, 7) is 0.424. The first-order valence-corrected chi connectivity index (χ1v) is 3.58. The molecule has 3 N–H and O–H groups in total. The van der Waals surface area contributed by atoms with Crippen molar-refractivity contribution in [2.75, 3.05) is 6.54 Å². The highest BCUT2D eigenvalue weighted by atomic mass is 16.3. The number of hydrogen-bond acceptors (Lipinski definition) is 3. The average molecular weight is 143 g/mol. The Balaban J connectivity index is 2.54. The number of aliphatic hydroxyl groups excluding tert-OH is 1. The summed E-state index contributed by atoms with van der Waals surface area (Å²) in [5, 5.41) is 9.18. The van der Waals surface area contributed by atoms with E-state index >= 15 is 0 Å². The van der Waals surface area contributed by atoms with Gasteiger partial charge in [-0.15, -0.1) is 0 Å². The molecule has 1 saturated carbocycles. The molecule has 0 heterocycles. The SMILES string of the molecule is NCC1(C(O)C=O)CCC1. The molecule has 3 heteroatoms. The first kappa shape index (κ1) is 7.69. The van der Waals surface area contributed by atoms with Gasteiger partial charge in [-0.25, -0.2) is 0 Å². The molecular formula is C7H13NO2. The zero-order valence-corrected chi connectivity index (χ0v) is 5.92. The van der Waals surface area contributed by atoms with Crippen molar-refractivity contribution < 1.29 is 9.90 Å². The van der Waals surface area contributed by atoms with Crippen LogP contribution in [0.15, 0.2) is 0 Å². The highest BCUT2D eigenvalue weighted by molar-refractivity contribution is 5.57. The van der Waals surface area contributed by atoms with Crippen molar-refractivity contribution in [2.45, 2.75) is 25.4 Å². The quantitative estimate of drug-likeness (QED) is 0.532. The first-order chi connectivity index (χ1) is 4.75. The predicted molar refractivity (Wildman–Crippen MR) is 37.4 cm³/mol. The molecule has 1 fully saturated rings. The van der Waals surface area contributed by atoms with E-state index in [0.717, 1.165) is 19.3 Å². The van der Waals surface area contributed by atoms with Crippen LogP contribution in [-0.4, -0.2) is 24.0 Å². The van der Waals surface area contributed by atoms with Crippen LogP contribution < -0.4 is 5.73 Å². The molecule has 1 aliphatic carbocycles. The Morgan fingerprint density at radius 1 is 1.70 bits per heavy atom. The number of carbonyl (C=O) groups is 1. The molecule has 0 aromatic rings. The Labute approximate surface area is 60.2 Å². The van der Waals surface area contributed by atoms with E-state index in [1.54, 1.807) is 0 Å². The Morgan fingerprint density at radius 2 is 2.30 bits per heavy atom. The van der Waals surface area contributed by atoms with Crippen LogP contribution in [0.1, 0.15) is 19.3 Å². The second-order valence-corrected chi connectivity index (χ2v) is 3.00. The molecule has 3 nitrogen and oxygen atoms in total. The minimum atomic E-state index is -0.841. The number of hydrogen-bond donors (Lipinski definition) is 2. The molecule has 0 aromatic carbocycles. The molecule has 1 aliphatic rings. The van der Waals surface area contributed by atoms with E-state index in [2.05, 4.69) is 0 Å². The lowest BCUT2D eigenvalue weighted by Gasteiger charge is -2.42. The lowest BCUT2D eigenvalue weighted by Crippen LogP contribution is -2.47. The minimum absolute atomic E-state index is 0.262. The van der Waals surface area contributed by atoms with E-state index in [9.17, 15) is 9.90 Å². The van der Waals surface area contributed by atoms with Crippen molar-refractivity contribution in [2.24, 2.45) is 11.1 Å². The van der Waals surface area contributed by atoms with Gasteiger partial charge in [0.05, 0.1) is 0 Å². The Bertz CT molecular complexity index is 126. The maximum atomic E-state index is 10.2. The largest absolute Gasteiger partial charge is 0.385 e. The van der Waals surface area contributed by atoms with Gasteiger partial charge in [0.1, 0.15) is 12.4 Å². The summed E-state index contributed by atoms with van der Waals surface area (Å²) in [5.74, 6) is 0. The third-order valence-electron chi connectivity index (χ3n) is 2.51. The standard InChI is InChI=1S/C7H13NO2/c8-5-7(2-1-3-7)6(10)4-9/h4,6,10H,1-3,5,8H2. The van der Waals surface area contributed by atoms with Crippen LogP contribution in [-0.2, 0) is 4.79 Å². The smallest absolute Gasteiger partial charge is 0.149 e. The van der Waals surface area contributed by atoms with Gasteiger partial charge in [0, 0.05) is 12.0 Å². The summed E-state index contributed by atoms with van der Waals surface area (Å²) in [6, 6.07) is 0. The van der Waals surface area contributed by atoms with E-state index in [0.29, 0.717) is 12.8 Å². The summed E-state index contributed by atoms with van der Waals surface area (Å²) in [7, 11) is 0. The molecule has 10 heavy (non-hydrogen) atoms. The fourth-order valence-corrected chi connectivity index (χ4v) is 1.40. The molecule has 0 radical (unpaired) electrons. The van der Waals surface area contributed by atoms with E-state index in [4.69, 9.17) is 5.73 Å². The monoisotopic (exact) mass is 143 g/mol. The number of aliphatic hydroxyl groups is 1. The summed E-state index contributed by atoms with van der Waals surface area (Å²) in [4.78, 5) is 10.2. The average Bonchev–Trinajstić information content (AvgIpc) is 1.86. The molecule has 0 bridgehead atoms. The molecule has 0 aliphatic heterocycles. The van der Waals surface area contributed by atoms with Crippen LogP contribution in [0.2, 0.25) is 0 Å². The van der Waals surface area contributed by atoms with Gasteiger partial charge in [0.15, 0.2) is 0 Å². The summed E-state index contributed by atoms with van der Waals surface area (Å²) in [6.07, 6.45) is 2.62. The van der Waals surface area contributed by atoms with Gasteiger partial charge >= 0.3 is 0 Å². The topological polar surface area (TPSA) is 63.3 Å². The zero-order chi connectivity index (χ0) is 7.61. The van der Waals surface area contributed by atoms with Crippen LogP contribution in [0, 0.1) is 5.41 Å². The van der Waals surface area contributed by atoms with Gasteiger partial charge in [-0.2, -0.15) is 0 Å². The lowest BCUT2D eigenvalue weighted by atomic mass is 9.65. The molecular weight excluding hydrogens is 130 g/mol. The number of rotatable bonds is 3. The van der Waals surface area contributed by atoms with Gasteiger partial charge in [-0.05, 0) is 12.8 Å². The van der Waals surface area contributed by atoms with Crippen molar-refractivity contribution >= 4 is 6.29 Å². The molecule has 1 atom stereocenters. The van der Waals surface area contributed by atoms with E-state index in [-0.39, 0.29) is 5.41 Å². The predicted octanol–water partition coefficient (Wildman–Crippen LogP) is -0.325. The van der Waals surface area contributed by atoms with Gasteiger partial charge in [-0.1, -0.05) is 6.42 Å². The van der Waals surface area contributed by atoms with Crippen molar-refractivity contribution in [1.82, 2.24) is 0 Å². The van der Waals surface area contributed by atoms with Crippen LogP contribution in [0.3, 0.4) is 0 Å². The van der Waals surface area contributed by atoms with Gasteiger partial charge in [0.2, 0.25) is 0 Å². The summed E-state index contributed by atoms with van der Waals surface area (Å²) in [5.41, 5.74) is 5.16. The summed E-state index contributed by atoms with van der Waals surface area (Å²) < 4.78 is 0. The van der Waals surface area contributed by atoms with Crippen molar-refractivity contribution in [3.63, 3.8) is 0 Å². The van der Waals surface area contributed by atoms with E-state index in [1.807, 2.05) is 0 Å². The van der Waals surface area contributed by atoms with Gasteiger partial charge < -0.3 is 15.6 Å². The zero-order valence-electron chi connectivity index (χ0n) is 5.92. The Kier molecular flexibility index (Phi) is 2.06. The normalized spacial score (nSPS) is 25.0. The van der Waals surface area contributed by atoms with Crippen molar-refractivity contribution in [3.8, 4) is 0 Å². The van der Waals surface area contributed by atoms with E-state index in [1.165, 1.54) is 0 Å². The highest BCUT2D eigenvalue weighted by Crippen LogP contribution is 2.42. The number of aldehydes is 1. The lowest BCUT2D eigenvalue weighted by molar-refractivity contribution is -0.125. The maximum Gasteiger partial charge on any atom is 0.149 e. The minimum Gasteiger partial charge on any atom is -0.385 e. The van der Waals surface area contributed by atoms with Gasteiger partial charge in [0.25, 0.3) is 0 Å². The molecule has 0 spiro atoms. The Hall–Kier alpha value is -0.410. The Morgan fingerprint density at radius 3 is 2.40 bits per heavy atom. The third-order valence-corrected chi connectivity index (χ3v) is 2.51. The first-order valence-electron chi connectivity index (χ1n) is 3.58. The molecule has 0 amide bonds. The second kappa shape index (κ2) is 2.68. The maximum absolute atomic E-state index is 10.2. The molecule has 1 unspecified atom stereocenters.